The first kappa shape index (κ1) is 19.3. The average molecular weight is 475 g/mol. The van der Waals surface area contributed by atoms with Gasteiger partial charge in [-0.25, -0.2) is 0 Å². The van der Waals surface area contributed by atoms with Crippen molar-refractivity contribution in [2.24, 2.45) is 5.92 Å². The number of rotatable bonds is 2. The Morgan fingerprint density at radius 3 is 2.31 bits per heavy atom. The van der Waals surface area contributed by atoms with Crippen molar-refractivity contribution in [2.45, 2.75) is 20.3 Å². The van der Waals surface area contributed by atoms with Crippen LogP contribution in [-0.2, 0) is 28.1 Å². The first-order valence-corrected chi connectivity index (χ1v) is 4.90. The van der Waals surface area contributed by atoms with E-state index in [4.69, 9.17) is 0 Å². The van der Waals surface area contributed by atoms with Crippen LogP contribution in [0.5, 0.6) is 0 Å². The predicted octanol–water partition coefficient (Wildman–Crippen LogP) is 4.99. The Morgan fingerprint density at radius 1 is 1.06 bits per heavy atom. The van der Waals surface area contributed by atoms with Crippen molar-refractivity contribution < 1.29 is 21.7 Å². The summed E-state index contributed by atoms with van der Waals surface area (Å²) in [6, 6.07) is 13.1. The molecule has 2 rings (SSSR count). The topological polar surface area (TPSA) is 0 Å². The second-order valence-corrected chi connectivity index (χ2v) is 4.04. The molecule has 0 amide bonds. The van der Waals surface area contributed by atoms with Gasteiger partial charge >= 0.3 is 0 Å². The monoisotopic (exact) mass is 475 g/mol. The molecular formula is C13H17I2Ti-. The van der Waals surface area contributed by atoms with Crippen molar-refractivity contribution >= 4 is 58.7 Å². The molecule has 0 fully saturated rings. The van der Waals surface area contributed by atoms with Gasteiger partial charge in [0.25, 0.3) is 0 Å². The third-order valence-corrected chi connectivity index (χ3v) is 2.40. The largest absolute Gasteiger partial charge is 0.168 e. The van der Waals surface area contributed by atoms with E-state index in [-0.39, 0.29) is 69.7 Å². The summed E-state index contributed by atoms with van der Waals surface area (Å²) in [7, 11) is 0. The number of fused-ring (bicyclic) bond motifs is 1. The Morgan fingerprint density at radius 2 is 1.69 bits per heavy atom. The Kier molecular flexibility index (Phi) is 10.9. The van der Waals surface area contributed by atoms with Gasteiger partial charge in [-0.05, 0) is 0 Å². The van der Waals surface area contributed by atoms with Gasteiger partial charge in [-0.3, -0.25) is 0 Å². The van der Waals surface area contributed by atoms with E-state index in [0.717, 1.165) is 5.92 Å². The fourth-order valence-electron chi connectivity index (χ4n) is 1.83. The number of halogens is 2. The molecule has 3 heteroatoms. The van der Waals surface area contributed by atoms with Crippen molar-refractivity contribution in [3.63, 3.8) is 0 Å². The zero-order chi connectivity index (χ0) is 9.26. The van der Waals surface area contributed by atoms with Crippen molar-refractivity contribution in [1.29, 1.82) is 0 Å². The summed E-state index contributed by atoms with van der Waals surface area (Å²) in [4.78, 5) is 0. The second kappa shape index (κ2) is 9.00. The molecular weight excluding hydrogens is 458 g/mol. The Balaban J connectivity index is 0. The molecule has 0 heterocycles. The van der Waals surface area contributed by atoms with Crippen LogP contribution in [0.2, 0.25) is 0 Å². The number of hydrogen-bond donors (Lipinski definition) is 0. The van der Waals surface area contributed by atoms with Crippen LogP contribution in [0.1, 0.15) is 19.4 Å². The summed E-state index contributed by atoms with van der Waals surface area (Å²) < 4.78 is 0. The van der Waals surface area contributed by atoms with Gasteiger partial charge in [0.1, 0.15) is 0 Å². The van der Waals surface area contributed by atoms with Crippen molar-refractivity contribution in [1.82, 2.24) is 0 Å². The van der Waals surface area contributed by atoms with Gasteiger partial charge in [0, 0.05) is 21.7 Å². The molecule has 0 aliphatic carbocycles. The quantitative estimate of drug-likeness (QED) is 0.327. The third-order valence-electron chi connectivity index (χ3n) is 2.40. The van der Waals surface area contributed by atoms with Gasteiger partial charge in [0.05, 0.1) is 0 Å². The van der Waals surface area contributed by atoms with Crippen LogP contribution >= 0.6 is 48.0 Å². The van der Waals surface area contributed by atoms with Crippen LogP contribution in [0, 0.1) is 5.92 Å². The van der Waals surface area contributed by atoms with E-state index in [2.05, 4.69) is 50.2 Å². The molecule has 16 heavy (non-hydrogen) atoms. The van der Waals surface area contributed by atoms with E-state index in [0.29, 0.717) is 0 Å². The van der Waals surface area contributed by atoms with Crippen LogP contribution in [0.4, 0.5) is 0 Å². The van der Waals surface area contributed by atoms with E-state index in [1.165, 1.54) is 22.8 Å². The first-order chi connectivity index (χ1) is 6.27. The predicted molar refractivity (Wildman–Crippen MR) is 88.9 cm³/mol. The molecule has 0 unspecified atom stereocenters. The minimum Gasteiger partial charge on any atom is -0.168 e. The van der Waals surface area contributed by atoms with E-state index >= 15 is 0 Å². The Labute approximate surface area is 147 Å². The number of hydrogen-bond acceptors (Lipinski definition) is 0. The maximum absolute atomic E-state index is 2.27. The fraction of sp³-hybridized carbons (Fsp3) is 0.308. The number of benzene rings is 1. The molecule has 0 aliphatic rings. The van der Waals surface area contributed by atoms with Crippen LogP contribution < -0.4 is 0 Å². The van der Waals surface area contributed by atoms with Gasteiger partial charge in [-0.1, -0.05) is 32.3 Å². The maximum Gasteiger partial charge on any atom is 0 e. The molecule has 0 aromatic heterocycles. The summed E-state index contributed by atoms with van der Waals surface area (Å²) >= 11 is 0. The Bertz CT molecular complexity index is 407. The van der Waals surface area contributed by atoms with Crippen molar-refractivity contribution in [2.75, 3.05) is 0 Å². The smallest absolute Gasteiger partial charge is 0 e. The summed E-state index contributed by atoms with van der Waals surface area (Å²) in [5.41, 5.74) is 1.49. The molecule has 0 nitrogen and oxygen atoms in total. The van der Waals surface area contributed by atoms with Crippen LogP contribution in [0.3, 0.4) is 0 Å². The molecule has 2 aromatic rings. The van der Waals surface area contributed by atoms with Gasteiger partial charge in [-0.2, -0.15) is 6.07 Å². The van der Waals surface area contributed by atoms with Crippen molar-refractivity contribution in [3.8, 4) is 0 Å². The van der Waals surface area contributed by atoms with Crippen molar-refractivity contribution in [3.05, 3.63) is 42.0 Å². The van der Waals surface area contributed by atoms with E-state index < -0.39 is 0 Å². The first-order valence-electron chi connectivity index (χ1n) is 4.90. The van der Waals surface area contributed by atoms with Gasteiger partial charge in [-0.15, -0.1) is 88.6 Å². The van der Waals surface area contributed by atoms with Crippen LogP contribution in [-0.4, -0.2) is 0 Å². The van der Waals surface area contributed by atoms with E-state index in [1.54, 1.807) is 0 Å². The van der Waals surface area contributed by atoms with E-state index in [1.807, 2.05) is 0 Å². The standard InChI is InChI=1S/C13H15.2HI.Ti/c1-10(2)9-12-8-7-11-5-3-4-6-13(11)12;;;/h3-8,10H,9H2,1-2H3;2*1H;/q-1;;;. The normalized spacial score (nSPS) is 9.19. The third kappa shape index (κ3) is 4.71. The summed E-state index contributed by atoms with van der Waals surface area (Å²) in [6.45, 7) is 4.53. The van der Waals surface area contributed by atoms with Gasteiger partial charge in [0.15, 0.2) is 0 Å². The van der Waals surface area contributed by atoms with Gasteiger partial charge in [0.2, 0.25) is 0 Å². The summed E-state index contributed by atoms with van der Waals surface area (Å²) in [5, 5.41) is 2.80. The van der Waals surface area contributed by atoms with Crippen LogP contribution in [0.25, 0.3) is 10.8 Å². The van der Waals surface area contributed by atoms with Gasteiger partial charge < -0.3 is 0 Å². The molecule has 0 saturated heterocycles. The molecule has 0 atom stereocenters. The molecule has 0 N–H and O–H groups in total. The maximum atomic E-state index is 2.27. The second-order valence-electron chi connectivity index (χ2n) is 4.04. The molecule has 88 valence electrons. The zero-order valence-electron chi connectivity index (χ0n) is 9.57. The summed E-state index contributed by atoms with van der Waals surface area (Å²) in [5.74, 6) is 0.741. The SMILES string of the molecule is CC(C)C[c-]1ccc2ccccc21.I.I.[Ti]. The fourth-order valence-corrected chi connectivity index (χ4v) is 1.83. The molecule has 0 bridgehead atoms. The molecule has 0 radical (unpaired) electrons. The minimum absolute atomic E-state index is 0. The zero-order valence-corrected chi connectivity index (χ0v) is 15.8. The molecule has 2 aromatic carbocycles. The summed E-state index contributed by atoms with van der Waals surface area (Å²) in [6.07, 6.45) is 1.19. The molecule has 0 spiro atoms. The average Bonchev–Trinajstić information content (AvgIpc) is 2.48. The molecule has 0 saturated carbocycles. The minimum atomic E-state index is 0. The van der Waals surface area contributed by atoms with E-state index in [9.17, 15) is 0 Å². The van der Waals surface area contributed by atoms with Crippen LogP contribution in [0.15, 0.2) is 36.4 Å². The molecule has 0 aliphatic heterocycles. The Hall–Kier alpha value is 1.00.